The summed E-state index contributed by atoms with van der Waals surface area (Å²) in [5, 5.41) is 0. The van der Waals surface area contributed by atoms with Crippen molar-refractivity contribution in [1.29, 1.82) is 0 Å². The molecule has 1 saturated heterocycles. The Hall–Kier alpha value is -0.900. The fraction of sp³-hybridized carbons (Fsp3) is 0.833. The van der Waals surface area contributed by atoms with Gasteiger partial charge in [0.25, 0.3) is 0 Å². The second kappa shape index (κ2) is 4.95. The molecule has 1 rings (SSSR count). The van der Waals surface area contributed by atoms with Gasteiger partial charge in [0, 0.05) is 30.8 Å². The second-order valence-corrected chi connectivity index (χ2v) is 5.03. The molecule has 0 spiro atoms. The van der Waals surface area contributed by atoms with Gasteiger partial charge in [0.1, 0.15) is 5.78 Å². The van der Waals surface area contributed by atoms with E-state index in [1.165, 1.54) is 7.11 Å². The van der Waals surface area contributed by atoms with Crippen molar-refractivity contribution in [2.45, 2.75) is 39.2 Å². The number of ketones is 1. The Bertz CT molecular complexity index is 290. The van der Waals surface area contributed by atoms with Gasteiger partial charge in [0.15, 0.2) is 0 Å². The normalized spacial score (nSPS) is 31.5. The van der Waals surface area contributed by atoms with Crippen LogP contribution in [0.2, 0.25) is 0 Å². The number of piperidine rings is 1. The number of carbonyl (C=O) groups is 2. The van der Waals surface area contributed by atoms with Gasteiger partial charge in [0.05, 0.1) is 7.11 Å². The van der Waals surface area contributed by atoms with Crippen molar-refractivity contribution in [3.8, 4) is 0 Å². The Morgan fingerprint density at radius 1 is 1.62 bits per heavy atom. The first-order valence-electron chi connectivity index (χ1n) is 5.69. The molecule has 0 radical (unpaired) electrons. The van der Waals surface area contributed by atoms with E-state index in [1.54, 1.807) is 0 Å². The molecule has 0 bridgehead atoms. The van der Waals surface area contributed by atoms with E-state index in [0.717, 1.165) is 6.54 Å². The number of methoxy groups -OCH3 is 1. The van der Waals surface area contributed by atoms with Gasteiger partial charge < -0.3 is 9.64 Å². The summed E-state index contributed by atoms with van der Waals surface area (Å²) in [7, 11) is 3.40. The Morgan fingerprint density at radius 3 is 2.81 bits per heavy atom. The van der Waals surface area contributed by atoms with E-state index in [-0.39, 0.29) is 11.8 Å². The minimum atomic E-state index is -0.393. The number of nitrogens with zero attached hydrogens (tertiary/aromatic N) is 1. The molecule has 1 fully saturated rings. The zero-order chi connectivity index (χ0) is 12.3. The van der Waals surface area contributed by atoms with E-state index < -0.39 is 5.41 Å². The van der Waals surface area contributed by atoms with Gasteiger partial charge in [-0.3, -0.25) is 9.59 Å². The van der Waals surface area contributed by atoms with Gasteiger partial charge >= 0.3 is 5.97 Å². The molecule has 0 aromatic carbocycles. The average molecular weight is 227 g/mol. The Balaban J connectivity index is 2.61. The summed E-state index contributed by atoms with van der Waals surface area (Å²) in [5.41, 5.74) is -0.393. The SMILES string of the molecule is COC(=O)CC[C@]1(C)CN(C)[C@H](C)CC1=O. The Labute approximate surface area is 96.9 Å². The third-order valence-corrected chi connectivity index (χ3v) is 3.61. The van der Waals surface area contributed by atoms with Crippen molar-refractivity contribution in [3.63, 3.8) is 0 Å². The number of ether oxygens (including phenoxy) is 1. The van der Waals surface area contributed by atoms with E-state index in [4.69, 9.17) is 0 Å². The van der Waals surface area contributed by atoms with Crippen molar-refractivity contribution in [1.82, 2.24) is 4.90 Å². The smallest absolute Gasteiger partial charge is 0.305 e. The lowest BCUT2D eigenvalue weighted by atomic mass is 9.75. The van der Waals surface area contributed by atoms with Crippen LogP contribution in [0.5, 0.6) is 0 Å². The maximum Gasteiger partial charge on any atom is 0.305 e. The standard InChI is InChI=1S/C12H21NO3/c1-9-7-10(14)12(2,8-13(9)3)6-5-11(15)16-4/h9H,5-8H2,1-4H3/t9-,12-/m1/s1. The number of hydrogen-bond acceptors (Lipinski definition) is 4. The topological polar surface area (TPSA) is 46.6 Å². The number of carbonyl (C=O) groups excluding carboxylic acids is 2. The summed E-state index contributed by atoms with van der Waals surface area (Å²) in [6.07, 6.45) is 1.48. The Kier molecular flexibility index (Phi) is 4.08. The summed E-state index contributed by atoms with van der Waals surface area (Å²) in [5.74, 6) is 0.0253. The van der Waals surface area contributed by atoms with Crippen LogP contribution in [0.15, 0.2) is 0 Å². The van der Waals surface area contributed by atoms with Crippen LogP contribution in [0.3, 0.4) is 0 Å². The fourth-order valence-electron chi connectivity index (χ4n) is 2.16. The molecule has 92 valence electrons. The fourth-order valence-corrected chi connectivity index (χ4v) is 2.16. The highest BCUT2D eigenvalue weighted by Crippen LogP contribution is 2.32. The first kappa shape index (κ1) is 13.2. The number of hydrogen-bond donors (Lipinski definition) is 0. The zero-order valence-electron chi connectivity index (χ0n) is 10.6. The average Bonchev–Trinajstić information content (AvgIpc) is 2.23. The van der Waals surface area contributed by atoms with E-state index in [9.17, 15) is 9.59 Å². The van der Waals surface area contributed by atoms with Gasteiger partial charge in [-0.15, -0.1) is 0 Å². The van der Waals surface area contributed by atoms with Crippen LogP contribution in [0.4, 0.5) is 0 Å². The van der Waals surface area contributed by atoms with Crippen molar-refractivity contribution in [2.75, 3.05) is 20.7 Å². The molecule has 0 unspecified atom stereocenters. The van der Waals surface area contributed by atoms with E-state index >= 15 is 0 Å². The highest BCUT2D eigenvalue weighted by atomic mass is 16.5. The van der Waals surface area contributed by atoms with Crippen LogP contribution in [0, 0.1) is 5.41 Å². The second-order valence-electron chi connectivity index (χ2n) is 5.03. The molecule has 0 amide bonds. The minimum absolute atomic E-state index is 0.240. The molecule has 0 N–H and O–H groups in total. The number of likely N-dealkylation sites (tertiary alicyclic amines) is 1. The molecule has 16 heavy (non-hydrogen) atoms. The van der Waals surface area contributed by atoms with Gasteiger partial charge in [-0.05, 0) is 20.4 Å². The molecule has 2 atom stereocenters. The first-order valence-corrected chi connectivity index (χ1v) is 5.69. The largest absolute Gasteiger partial charge is 0.469 e. The Morgan fingerprint density at radius 2 is 2.25 bits per heavy atom. The number of Topliss-reactive ketones (excluding diaryl/α,β-unsaturated/α-hetero) is 1. The van der Waals surface area contributed by atoms with E-state index in [0.29, 0.717) is 25.3 Å². The maximum atomic E-state index is 12.0. The lowest BCUT2D eigenvalue weighted by molar-refractivity contribution is -0.143. The molecule has 0 aliphatic carbocycles. The monoisotopic (exact) mass is 227 g/mol. The molecular weight excluding hydrogens is 206 g/mol. The zero-order valence-corrected chi connectivity index (χ0v) is 10.6. The predicted octanol–water partition coefficient (Wildman–Crippen LogP) is 1.24. The predicted molar refractivity (Wildman–Crippen MR) is 61.1 cm³/mol. The van der Waals surface area contributed by atoms with Gasteiger partial charge in [-0.2, -0.15) is 0 Å². The molecule has 0 saturated carbocycles. The molecule has 0 aromatic rings. The quantitative estimate of drug-likeness (QED) is 0.681. The first-order chi connectivity index (χ1) is 7.39. The van der Waals surface area contributed by atoms with Crippen LogP contribution >= 0.6 is 0 Å². The van der Waals surface area contributed by atoms with Gasteiger partial charge in [-0.25, -0.2) is 0 Å². The third kappa shape index (κ3) is 2.82. The summed E-state index contributed by atoms with van der Waals surface area (Å²) >= 11 is 0. The molecule has 0 aromatic heterocycles. The minimum Gasteiger partial charge on any atom is -0.469 e. The van der Waals surface area contributed by atoms with E-state index in [1.807, 2.05) is 14.0 Å². The maximum absolute atomic E-state index is 12.0. The third-order valence-electron chi connectivity index (χ3n) is 3.61. The highest BCUT2D eigenvalue weighted by molar-refractivity contribution is 5.86. The van der Waals surface area contributed by atoms with Crippen LogP contribution in [0.25, 0.3) is 0 Å². The molecule has 4 nitrogen and oxygen atoms in total. The van der Waals surface area contributed by atoms with Crippen molar-refractivity contribution >= 4 is 11.8 Å². The van der Waals surface area contributed by atoms with Crippen molar-refractivity contribution < 1.29 is 14.3 Å². The lowest BCUT2D eigenvalue weighted by Gasteiger charge is -2.41. The van der Waals surface area contributed by atoms with E-state index in [2.05, 4.69) is 16.6 Å². The lowest BCUT2D eigenvalue weighted by Crippen LogP contribution is -2.50. The molecular formula is C12H21NO3. The summed E-state index contributed by atoms with van der Waals surface area (Å²) < 4.78 is 4.61. The van der Waals surface area contributed by atoms with Gasteiger partial charge in [0.2, 0.25) is 0 Å². The van der Waals surface area contributed by atoms with Crippen LogP contribution in [0.1, 0.15) is 33.1 Å². The number of rotatable bonds is 3. The number of esters is 1. The molecule has 1 aliphatic rings. The molecule has 4 heteroatoms. The van der Waals surface area contributed by atoms with Crippen LogP contribution in [-0.2, 0) is 14.3 Å². The summed E-state index contributed by atoms with van der Waals surface area (Å²) in [4.78, 5) is 25.3. The molecule has 1 heterocycles. The molecule has 1 aliphatic heterocycles. The highest BCUT2D eigenvalue weighted by Gasteiger charge is 2.40. The van der Waals surface area contributed by atoms with Gasteiger partial charge in [-0.1, -0.05) is 6.92 Å². The van der Waals surface area contributed by atoms with Crippen molar-refractivity contribution in [3.05, 3.63) is 0 Å². The van der Waals surface area contributed by atoms with Crippen LogP contribution < -0.4 is 0 Å². The van der Waals surface area contributed by atoms with Crippen molar-refractivity contribution in [2.24, 2.45) is 5.41 Å². The van der Waals surface area contributed by atoms with Crippen LogP contribution in [-0.4, -0.2) is 43.4 Å². The summed E-state index contributed by atoms with van der Waals surface area (Å²) in [6, 6.07) is 0.304. The summed E-state index contributed by atoms with van der Waals surface area (Å²) in [6.45, 7) is 4.72.